The first-order valence-electron chi connectivity index (χ1n) is 5.34. The lowest BCUT2D eigenvalue weighted by atomic mass is 10.1. The van der Waals surface area contributed by atoms with Gasteiger partial charge in [0.15, 0.2) is 0 Å². The molecule has 90 valence electrons. The second kappa shape index (κ2) is 6.63. The first-order valence-corrected chi connectivity index (χ1v) is 5.34. The minimum absolute atomic E-state index is 0.305. The highest BCUT2D eigenvalue weighted by molar-refractivity contribution is 5.67. The number of nitrogens with two attached hydrogens (primary N) is 1. The quantitative estimate of drug-likeness (QED) is 0.534. The summed E-state index contributed by atoms with van der Waals surface area (Å²) in [7, 11) is 0. The van der Waals surface area contributed by atoms with E-state index in [9.17, 15) is 4.79 Å². The Morgan fingerprint density at radius 3 is 2.47 bits per heavy atom. The summed E-state index contributed by atoms with van der Waals surface area (Å²) in [6.07, 6.45) is 0.480. The van der Waals surface area contributed by atoms with Crippen molar-refractivity contribution < 1.29 is 9.53 Å². The summed E-state index contributed by atoms with van der Waals surface area (Å²) < 4.78 is 4.95. The van der Waals surface area contributed by atoms with Gasteiger partial charge in [-0.05, 0) is 40.7 Å². The molecule has 0 aromatic rings. The molecule has 0 aliphatic rings. The molecule has 0 atom stereocenters. The van der Waals surface area contributed by atoms with Gasteiger partial charge in [-0.3, -0.25) is 0 Å². The van der Waals surface area contributed by atoms with Gasteiger partial charge in [0.1, 0.15) is 0 Å². The highest BCUT2D eigenvalue weighted by Gasteiger charge is 2.27. The van der Waals surface area contributed by atoms with Crippen molar-refractivity contribution in [1.82, 2.24) is 10.4 Å². The molecular weight excluding hydrogens is 194 g/mol. The van der Waals surface area contributed by atoms with E-state index in [1.54, 1.807) is 6.92 Å². The molecule has 5 heteroatoms. The molecule has 0 saturated heterocycles. The lowest BCUT2D eigenvalue weighted by molar-refractivity contribution is 0.0414. The molecule has 0 radical (unpaired) electrons. The van der Waals surface area contributed by atoms with Crippen LogP contribution in [0.2, 0.25) is 0 Å². The number of hydrogen-bond acceptors (Lipinski definition) is 4. The number of carbonyl (C=O) groups is 1. The predicted octanol–water partition coefficient (Wildman–Crippen LogP) is 1.10. The third-order valence-electron chi connectivity index (χ3n) is 1.77. The number of hydrazine groups is 1. The summed E-state index contributed by atoms with van der Waals surface area (Å²) in [5, 5.41) is 1.51. The Kier molecular flexibility index (Phi) is 6.27. The summed E-state index contributed by atoms with van der Waals surface area (Å²) in [6, 6.07) is 0. The Bertz CT molecular complexity index is 190. The molecule has 0 aromatic heterocycles. The maximum absolute atomic E-state index is 11.6. The van der Waals surface area contributed by atoms with Crippen LogP contribution in [0, 0.1) is 0 Å². The van der Waals surface area contributed by atoms with Crippen LogP contribution < -0.4 is 11.2 Å². The molecule has 15 heavy (non-hydrogen) atoms. The molecule has 5 nitrogen and oxygen atoms in total. The van der Waals surface area contributed by atoms with Crippen molar-refractivity contribution in [2.24, 2.45) is 5.73 Å². The molecule has 0 unspecified atom stereocenters. The van der Waals surface area contributed by atoms with E-state index in [0.29, 0.717) is 19.7 Å². The Hall–Kier alpha value is -0.810. The van der Waals surface area contributed by atoms with Gasteiger partial charge in [-0.2, -0.15) is 0 Å². The first-order chi connectivity index (χ1) is 6.93. The molecular formula is C10H23N3O2. The van der Waals surface area contributed by atoms with Crippen LogP contribution in [-0.2, 0) is 4.74 Å². The van der Waals surface area contributed by atoms with Crippen LogP contribution in [0.15, 0.2) is 0 Å². The van der Waals surface area contributed by atoms with Crippen molar-refractivity contribution in [3.05, 3.63) is 0 Å². The largest absolute Gasteiger partial charge is 0.449 e. The van der Waals surface area contributed by atoms with Gasteiger partial charge in [-0.1, -0.05) is 0 Å². The Balaban J connectivity index is 4.25. The average Bonchev–Trinajstić information content (AvgIpc) is 2.10. The number of ether oxygens (including phenoxy) is 1. The van der Waals surface area contributed by atoms with Crippen LogP contribution in [0.5, 0.6) is 0 Å². The van der Waals surface area contributed by atoms with Gasteiger partial charge in [0.25, 0.3) is 0 Å². The third kappa shape index (κ3) is 5.59. The van der Waals surface area contributed by atoms with Crippen LogP contribution in [-0.4, -0.2) is 36.3 Å². The van der Waals surface area contributed by atoms with E-state index in [1.807, 2.05) is 20.8 Å². The van der Waals surface area contributed by atoms with Crippen LogP contribution in [0.4, 0.5) is 4.79 Å². The minimum Gasteiger partial charge on any atom is -0.449 e. The van der Waals surface area contributed by atoms with Crippen molar-refractivity contribution in [3.63, 3.8) is 0 Å². The van der Waals surface area contributed by atoms with Gasteiger partial charge < -0.3 is 10.5 Å². The van der Waals surface area contributed by atoms with Crippen molar-refractivity contribution in [2.75, 3.05) is 19.7 Å². The van der Waals surface area contributed by atoms with E-state index in [4.69, 9.17) is 10.5 Å². The van der Waals surface area contributed by atoms with E-state index < -0.39 is 0 Å². The molecule has 0 saturated carbocycles. The van der Waals surface area contributed by atoms with Gasteiger partial charge >= 0.3 is 6.09 Å². The van der Waals surface area contributed by atoms with Crippen LogP contribution in [0.3, 0.4) is 0 Å². The van der Waals surface area contributed by atoms with Crippen molar-refractivity contribution in [1.29, 1.82) is 0 Å². The Labute approximate surface area is 91.9 Å². The fraction of sp³-hybridized carbons (Fsp3) is 0.900. The van der Waals surface area contributed by atoms with Gasteiger partial charge in [0.2, 0.25) is 0 Å². The molecule has 0 aliphatic heterocycles. The minimum atomic E-state index is -0.345. The zero-order valence-electron chi connectivity index (χ0n) is 10.2. The highest BCUT2D eigenvalue weighted by Crippen LogP contribution is 2.11. The second-order valence-corrected chi connectivity index (χ2v) is 4.26. The van der Waals surface area contributed by atoms with Crippen molar-refractivity contribution >= 4 is 6.09 Å². The summed E-state index contributed by atoms with van der Waals surface area (Å²) in [4.78, 5) is 11.6. The number of carbonyl (C=O) groups excluding carboxylic acids is 1. The van der Waals surface area contributed by atoms with Gasteiger partial charge in [-0.25, -0.2) is 15.2 Å². The second-order valence-electron chi connectivity index (χ2n) is 4.26. The summed E-state index contributed by atoms with van der Waals surface area (Å²) in [6.45, 7) is 9.28. The number of hydrogen-bond donors (Lipinski definition) is 2. The Morgan fingerprint density at radius 2 is 2.07 bits per heavy atom. The molecule has 0 rings (SSSR count). The van der Waals surface area contributed by atoms with E-state index in [-0.39, 0.29) is 11.6 Å². The lowest BCUT2D eigenvalue weighted by Gasteiger charge is -2.34. The lowest BCUT2D eigenvalue weighted by Crippen LogP contribution is -2.54. The highest BCUT2D eigenvalue weighted by atomic mass is 16.6. The number of nitrogens with one attached hydrogen (secondary N) is 1. The fourth-order valence-electron chi connectivity index (χ4n) is 1.06. The molecule has 0 spiro atoms. The van der Waals surface area contributed by atoms with E-state index in [1.165, 1.54) is 5.01 Å². The van der Waals surface area contributed by atoms with Crippen molar-refractivity contribution in [3.8, 4) is 0 Å². The van der Waals surface area contributed by atoms with E-state index in [2.05, 4.69) is 5.43 Å². The number of nitrogens with zero attached hydrogens (tertiary/aromatic N) is 1. The van der Waals surface area contributed by atoms with Crippen LogP contribution in [0.25, 0.3) is 0 Å². The van der Waals surface area contributed by atoms with Crippen LogP contribution >= 0.6 is 0 Å². The zero-order valence-corrected chi connectivity index (χ0v) is 10.2. The third-order valence-corrected chi connectivity index (χ3v) is 1.77. The maximum atomic E-state index is 11.6. The molecule has 0 heterocycles. The molecule has 0 fully saturated rings. The average molecular weight is 217 g/mol. The SMILES string of the molecule is CCOC(=O)N(NCCCN)C(C)(C)C. The summed E-state index contributed by atoms with van der Waals surface area (Å²) in [5.74, 6) is 0. The smallest absolute Gasteiger partial charge is 0.424 e. The maximum Gasteiger partial charge on any atom is 0.424 e. The number of rotatable bonds is 5. The molecule has 1 amide bonds. The molecule has 3 N–H and O–H groups in total. The van der Waals surface area contributed by atoms with Crippen molar-refractivity contribution in [2.45, 2.75) is 39.7 Å². The molecule has 0 aromatic carbocycles. The van der Waals surface area contributed by atoms with Gasteiger partial charge in [-0.15, -0.1) is 0 Å². The number of amides is 1. The standard InChI is InChI=1S/C10H23N3O2/c1-5-15-9(14)13(10(2,3)4)12-8-6-7-11/h12H,5-8,11H2,1-4H3. The normalized spacial score (nSPS) is 11.3. The summed E-state index contributed by atoms with van der Waals surface area (Å²) in [5.41, 5.74) is 8.10. The van der Waals surface area contributed by atoms with E-state index in [0.717, 1.165) is 6.42 Å². The van der Waals surface area contributed by atoms with E-state index >= 15 is 0 Å². The topological polar surface area (TPSA) is 67.6 Å². The van der Waals surface area contributed by atoms with Crippen LogP contribution in [0.1, 0.15) is 34.1 Å². The fourth-order valence-corrected chi connectivity index (χ4v) is 1.06. The molecule has 0 bridgehead atoms. The van der Waals surface area contributed by atoms with Gasteiger partial charge in [0, 0.05) is 6.54 Å². The summed E-state index contributed by atoms with van der Waals surface area (Å²) >= 11 is 0. The molecule has 0 aliphatic carbocycles. The zero-order chi connectivity index (χ0) is 11.9. The predicted molar refractivity (Wildman–Crippen MR) is 60.3 cm³/mol. The monoisotopic (exact) mass is 217 g/mol. The van der Waals surface area contributed by atoms with Gasteiger partial charge in [0.05, 0.1) is 12.1 Å². The Morgan fingerprint density at radius 1 is 1.47 bits per heavy atom. The first kappa shape index (κ1) is 14.2.